The summed E-state index contributed by atoms with van der Waals surface area (Å²) in [6.07, 6.45) is -1.38. The molecule has 0 spiro atoms. The second-order valence-corrected chi connectivity index (χ2v) is 15.4. The number of anilines is 1. The summed E-state index contributed by atoms with van der Waals surface area (Å²) >= 11 is 0. The van der Waals surface area contributed by atoms with E-state index in [1.165, 1.54) is 18.2 Å². The molecule has 2 saturated heterocycles. The van der Waals surface area contributed by atoms with E-state index in [9.17, 15) is 37.1 Å². The third-order valence-corrected chi connectivity index (χ3v) is 11.7. The molecule has 4 aliphatic heterocycles. The van der Waals surface area contributed by atoms with E-state index in [-0.39, 0.29) is 30.6 Å². The minimum absolute atomic E-state index is 0.0125. The van der Waals surface area contributed by atoms with Crippen LogP contribution in [0.2, 0.25) is 0 Å². The van der Waals surface area contributed by atoms with Crippen LogP contribution in [0.15, 0.2) is 78.9 Å². The third-order valence-electron chi connectivity index (χ3n) is 11.7. The average molecular weight is 801 g/mol. The van der Waals surface area contributed by atoms with E-state index < -0.39 is 41.3 Å². The second-order valence-electron chi connectivity index (χ2n) is 15.4. The molecule has 0 bridgehead atoms. The zero-order valence-electron chi connectivity index (χ0n) is 31.8. The minimum atomic E-state index is -4.84. The number of hydrogen-bond acceptors (Lipinski definition) is 8. The lowest BCUT2D eigenvalue weighted by atomic mass is 9.75. The Bertz CT molecular complexity index is 2190. The number of unbranched alkanes of at least 4 members (excludes halogenated alkanes) is 2. The molecule has 1 unspecified atom stereocenters. The quantitative estimate of drug-likeness (QED) is 0.0950. The number of piperazine rings is 1. The largest absolute Gasteiger partial charge is 0.508 e. The molecule has 2 N–H and O–H groups in total. The first kappa shape index (κ1) is 39.2. The Kier molecular flexibility index (Phi) is 11.0. The molecule has 10 nitrogen and oxygen atoms in total. The molecule has 0 aromatic heterocycles. The SMILES string of the molecule is O=C1CCC(N2Cc3cc(N4CCN(CCCCCOc5ccc([C@@H]6c7ccc(O)cc7OC[C@@H]6c6ccc(F)c(C(F)(F)F)c6)cc5)CC4)ccc3C2=O)C(=O)N1. The number of piperidine rings is 1. The van der Waals surface area contributed by atoms with E-state index in [0.717, 1.165) is 80.9 Å². The first-order valence-electron chi connectivity index (χ1n) is 19.7. The number of ether oxygens (including phenoxy) is 2. The van der Waals surface area contributed by atoms with Crippen LogP contribution in [0, 0.1) is 5.82 Å². The number of nitrogens with one attached hydrogen (secondary N) is 1. The number of nitrogens with zero attached hydrogens (tertiary/aromatic N) is 3. The van der Waals surface area contributed by atoms with Crippen molar-refractivity contribution in [3.8, 4) is 17.2 Å². The summed E-state index contributed by atoms with van der Waals surface area (Å²) in [5, 5.41) is 12.4. The Labute approximate surface area is 333 Å². The predicted molar refractivity (Wildman–Crippen MR) is 207 cm³/mol. The van der Waals surface area contributed by atoms with Gasteiger partial charge in [0, 0.05) is 73.9 Å². The number of alkyl halides is 3. The predicted octanol–water partition coefficient (Wildman–Crippen LogP) is 6.99. The topological polar surface area (TPSA) is 112 Å². The first-order chi connectivity index (χ1) is 27.9. The van der Waals surface area contributed by atoms with E-state index >= 15 is 0 Å². The number of carbonyl (C=O) groups excluding carboxylic acids is 3. The Morgan fingerprint density at radius 2 is 1.64 bits per heavy atom. The Morgan fingerprint density at radius 1 is 0.862 bits per heavy atom. The van der Waals surface area contributed by atoms with Crippen molar-refractivity contribution in [2.45, 2.75) is 62.7 Å². The zero-order chi connectivity index (χ0) is 40.6. The Balaban J connectivity index is 0.799. The highest BCUT2D eigenvalue weighted by molar-refractivity contribution is 6.05. The molecule has 4 aliphatic rings. The lowest BCUT2D eigenvalue weighted by Gasteiger charge is -2.36. The maximum Gasteiger partial charge on any atom is 0.419 e. The van der Waals surface area contributed by atoms with Crippen LogP contribution in [0.25, 0.3) is 0 Å². The van der Waals surface area contributed by atoms with Crippen molar-refractivity contribution < 1.29 is 46.5 Å². The smallest absolute Gasteiger partial charge is 0.419 e. The number of phenolic OH excluding ortho intramolecular Hbond substituents is 1. The summed E-state index contributed by atoms with van der Waals surface area (Å²) in [6.45, 7) is 5.49. The number of amides is 3. The number of aromatic hydroxyl groups is 1. The number of halogens is 4. The number of imide groups is 1. The van der Waals surface area contributed by atoms with E-state index in [0.29, 0.717) is 47.8 Å². The number of phenols is 1. The standard InChI is InChI=1S/C44H44F4N4O6/c45-37-13-6-28(23-36(37)44(46,47)48)35-26-58-39-24-31(53)8-12-34(39)41(35)27-4-9-32(10-5-27)57-21-3-1-2-16-50-17-19-51(20-18-50)30-7-11-33-29(22-30)25-52(43(33)56)38-14-15-40(54)49-42(38)55/h4-13,22-24,35,38,41,53H,1-3,14-21,25-26H2,(H,49,54,55)/t35-,38?,41-/m1/s1. The molecule has 4 aromatic carbocycles. The van der Waals surface area contributed by atoms with Gasteiger partial charge in [0.15, 0.2) is 0 Å². The van der Waals surface area contributed by atoms with Gasteiger partial charge in [-0.1, -0.05) is 24.3 Å². The molecule has 58 heavy (non-hydrogen) atoms. The van der Waals surface area contributed by atoms with Crippen LogP contribution in [0.5, 0.6) is 17.2 Å². The number of hydrogen-bond donors (Lipinski definition) is 2. The van der Waals surface area contributed by atoms with E-state index in [1.54, 1.807) is 11.0 Å². The van der Waals surface area contributed by atoms with Crippen LogP contribution in [-0.4, -0.2) is 84.6 Å². The molecule has 14 heteroatoms. The molecule has 0 radical (unpaired) electrons. The fourth-order valence-electron chi connectivity index (χ4n) is 8.65. The normalized spacial score (nSPS) is 21.0. The molecule has 3 amide bonds. The number of benzene rings is 4. The Hall–Kier alpha value is -5.63. The van der Waals surface area contributed by atoms with Crippen LogP contribution < -0.4 is 19.7 Å². The highest BCUT2D eigenvalue weighted by atomic mass is 19.4. The van der Waals surface area contributed by atoms with E-state index in [1.807, 2.05) is 36.4 Å². The van der Waals surface area contributed by atoms with Crippen LogP contribution in [0.4, 0.5) is 23.2 Å². The molecule has 4 aromatic rings. The fraction of sp³-hybridized carbons (Fsp3) is 0.386. The van der Waals surface area contributed by atoms with Crippen molar-refractivity contribution in [3.05, 3.63) is 118 Å². The summed E-state index contributed by atoms with van der Waals surface area (Å²) in [5.41, 5.74) is 3.10. The highest BCUT2D eigenvalue weighted by Gasteiger charge is 2.40. The summed E-state index contributed by atoms with van der Waals surface area (Å²) in [6, 6.07) is 20.5. The third kappa shape index (κ3) is 8.20. The van der Waals surface area contributed by atoms with Gasteiger partial charge in [-0.3, -0.25) is 24.6 Å². The molecule has 304 valence electrons. The van der Waals surface area contributed by atoms with Gasteiger partial charge >= 0.3 is 6.18 Å². The molecule has 3 atom stereocenters. The molecular formula is C44H44F4N4O6. The second kappa shape index (κ2) is 16.3. The van der Waals surface area contributed by atoms with Gasteiger partial charge in [0.1, 0.15) is 29.1 Å². The first-order valence-corrected chi connectivity index (χ1v) is 19.7. The average Bonchev–Trinajstić information content (AvgIpc) is 3.53. The molecule has 8 rings (SSSR count). The lowest BCUT2D eigenvalue weighted by Crippen LogP contribution is -2.52. The molecule has 0 aliphatic carbocycles. The van der Waals surface area contributed by atoms with Crippen LogP contribution in [0.1, 0.15) is 82.1 Å². The molecule has 0 saturated carbocycles. The van der Waals surface area contributed by atoms with Crippen molar-refractivity contribution in [3.63, 3.8) is 0 Å². The lowest BCUT2D eigenvalue weighted by molar-refractivity contribution is -0.140. The van der Waals surface area contributed by atoms with E-state index in [2.05, 4.69) is 21.2 Å². The van der Waals surface area contributed by atoms with Gasteiger partial charge in [-0.25, -0.2) is 4.39 Å². The minimum Gasteiger partial charge on any atom is -0.508 e. The summed E-state index contributed by atoms with van der Waals surface area (Å²) in [7, 11) is 0. The van der Waals surface area contributed by atoms with Gasteiger partial charge in [0.05, 0.1) is 18.8 Å². The fourth-order valence-corrected chi connectivity index (χ4v) is 8.65. The highest BCUT2D eigenvalue weighted by Crippen LogP contribution is 2.48. The van der Waals surface area contributed by atoms with Crippen LogP contribution in [-0.2, 0) is 22.3 Å². The van der Waals surface area contributed by atoms with Crippen molar-refractivity contribution in [2.75, 3.05) is 50.8 Å². The summed E-state index contributed by atoms with van der Waals surface area (Å²) < 4.78 is 67.0. The van der Waals surface area contributed by atoms with Crippen molar-refractivity contribution >= 4 is 23.4 Å². The van der Waals surface area contributed by atoms with Gasteiger partial charge < -0.3 is 24.4 Å². The van der Waals surface area contributed by atoms with E-state index in [4.69, 9.17) is 9.47 Å². The number of carbonyl (C=O) groups is 3. The van der Waals surface area contributed by atoms with Gasteiger partial charge in [-0.15, -0.1) is 0 Å². The van der Waals surface area contributed by atoms with Gasteiger partial charge in [-0.05, 0) is 97.4 Å². The maximum absolute atomic E-state index is 14.2. The van der Waals surface area contributed by atoms with Crippen LogP contribution >= 0.6 is 0 Å². The van der Waals surface area contributed by atoms with Crippen molar-refractivity contribution in [1.29, 1.82) is 0 Å². The van der Waals surface area contributed by atoms with Crippen LogP contribution in [0.3, 0.4) is 0 Å². The van der Waals surface area contributed by atoms with Gasteiger partial charge in [-0.2, -0.15) is 13.2 Å². The summed E-state index contributed by atoms with van der Waals surface area (Å²) in [4.78, 5) is 43.4. The molecule has 2 fully saturated rings. The van der Waals surface area contributed by atoms with Gasteiger partial charge in [0.2, 0.25) is 11.8 Å². The molecule has 4 heterocycles. The zero-order valence-corrected chi connectivity index (χ0v) is 31.8. The summed E-state index contributed by atoms with van der Waals surface area (Å²) in [5.74, 6) is -2.03. The van der Waals surface area contributed by atoms with Crippen molar-refractivity contribution in [1.82, 2.24) is 15.1 Å². The van der Waals surface area contributed by atoms with Gasteiger partial charge in [0.25, 0.3) is 5.91 Å². The molecular weight excluding hydrogens is 756 g/mol. The maximum atomic E-state index is 14.2. The number of rotatable bonds is 11. The number of fused-ring (bicyclic) bond motifs is 2. The van der Waals surface area contributed by atoms with Crippen molar-refractivity contribution in [2.24, 2.45) is 0 Å². The monoisotopic (exact) mass is 800 g/mol. The Morgan fingerprint density at radius 3 is 2.40 bits per heavy atom.